The molecule has 0 rings (SSSR count). The van der Waals surface area contributed by atoms with E-state index in [9.17, 15) is 0 Å². The standard InChI is InChI=1S/C7H17ClOSi/c1-5-7(8)6-9-10(2,3)4/h7H,5-6H2,1-4H3. The molecular formula is C7H17ClOSi. The SMILES string of the molecule is CCC(Cl)CO[Si](C)(C)C. The Morgan fingerprint density at radius 3 is 2.20 bits per heavy atom. The molecule has 0 aromatic rings. The van der Waals surface area contributed by atoms with Crippen LogP contribution in [0.5, 0.6) is 0 Å². The van der Waals surface area contributed by atoms with E-state index in [0.717, 1.165) is 6.42 Å². The second-order valence-corrected chi connectivity index (χ2v) is 8.56. The minimum absolute atomic E-state index is 0.201. The Labute approximate surface area is 69.9 Å². The van der Waals surface area contributed by atoms with Gasteiger partial charge in [0.1, 0.15) is 0 Å². The van der Waals surface area contributed by atoms with E-state index in [-0.39, 0.29) is 5.38 Å². The number of alkyl halides is 1. The maximum absolute atomic E-state index is 5.87. The van der Waals surface area contributed by atoms with Crippen molar-refractivity contribution in [2.24, 2.45) is 0 Å². The van der Waals surface area contributed by atoms with E-state index in [1.165, 1.54) is 0 Å². The molecule has 0 N–H and O–H groups in total. The van der Waals surface area contributed by atoms with Gasteiger partial charge in [-0.15, -0.1) is 11.6 Å². The molecule has 0 radical (unpaired) electrons. The molecule has 0 aromatic carbocycles. The highest BCUT2D eigenvalue weighted by atomic mass is 35.5. The Hall–Kier alpha value is 0.467. The summed E-state index contributed by atoms with van der Waals surface area (Å²) >= 11 is 5.87. The van der Waals surface area contributed by atoms with E-state index >= 15 is 0 Å². The van der Waals surface area contributed by atoms with Gasteiger partial charge in [-0.3, -0.25) is 0 Å². The third-order valence-corrected chi connectivity index (χ3v) is 2.61. The molecule has 0 aliphatic heterocycles. The Kier molecular flexibility index (Phi) is 4.57. The molecule has 0 saturated heterocycles. The van der Waals surface area contributed by atoms with Crippen LogP contribution in [0.25, 0.3) is 0 Å². The van der Waals surface area contributed by atoms with Crippen LogP contribution >= 0.6 is 11.6 Å². The molecule has 0 aliphatic carbocycles. The molecule has 0 spiro atoms. The van der Waals surface area contributed by atoms with Crippen molar-refractivity contribution in [1.82, 2.24) is 0 Å². The molecule has 0 heterocycles. The van der Waals surface area contributed by atoms with E-state index in [1.54, 1.807) is 0 Å². The van der Waals surface area contributed by atoms with Crippen molar-refractivity contribution in [3.05, 3.63) is 0 Å². The highest BCUT2D eigenvalue weighted by Crippen LogP contribution is 2.07. The van der Waals surface area contributed by atoms with Crippen LogP contribution in [0.2, 0.25) is 19.6 Å². The van der Waals surface area contributed by atoms with Crippen LogP contribution < -0.4 is 0 Å². The lowest BCUT2D eigenvalue weighted by atomic mass is 10.4. The zero-order valence-corrected chi connectivity index (χ0v) is 9.03. The Balaban J connectivity index is 3.36. The smallest absolute Gasteiger partial charge is 0.183 e. The quantitative estimate of drug-likeness (QED) is 0.478. The number of rotatable bonds is 4. The number of hydrogen-bond acceptors (Lipinski definition) is 1. The molecule has 0 aromatic heterocycles. The highest BCUT2D eigenvalue weighted by Gasteiger charge is 2.15. The zero-order valence-electron chi connectivity index (χ0n) is 7.28. The van der Waals surface area contributed by atoms with Gasteiger partial charge in [0.15, 0.2) is 8.32 Å². The van der Waals surface area contributed by atoms with Gasteiger partial charge in [-0.2, -0.15) is 0 Å². The third kappa shape index (κ3) is 6.58. The molecule has 0 aliphatic rings. The lowest BCUT2D eigenvalue weighted by Gasteiger charge is -2.18. The van der Waals surface area contributed by atoms with Crippen LogP contribution in [0.4, 0.5) is 0 Å². The van der Waals surface area contributed by atoms with Crippen molar-refractivity contribution in [2.75, 3.05) is 6.61 Å². The maximum atomic E-state index is 5.87. The van der Waals surface area contributed by atoms with E-state index < -0.39 is 8.32 Å². The zero-order chi connectivity index (χ0) is 8.20. The van der Waals surface area contributed by atoms with Crippen molar-refractivity contribution < 1.29 is 4.43 Å². The number of hydrogen-bond donors (Lipinski definition) is 0. The fourth-order valence-corrected chi connectivity index (χ4v) is 1.33. The minimum atomic E-state index is -1.32. The second-order valence-electron chi connectivity index (χ2n) is 3.43. The fourth-order valence-electron chi connectivity index (χ4n) is 0.458. The average Bonchev–Trinajstić information content (AvgIpc) is 1.81. The monoisotopic (exact) mass is 180 g/mol. The van der Waals surface area contributed by atoms with E-state index in [4.69, 9.17) is 16.0 Å². The lowest BCUT2D eigenvalue weighted by molar-refractivity contribution is 0.306. The van der Waals surface area contributed by atoms with Crippen molar-refractivity contribution >= 4 is 19.9 Å². The highest BCUT2D eigenvalue weighted by molar-refractivity contribution is 6.69. The third-order valence-electron chi connectivity index (χ3n) is 1.14. The van der Waals surface area contributed by atoms with Crippen LogP contribution in [0, 0.1) is 0 Å². The molecular weight excluding hydrogens is 164 g/mol. The maximum Gasteiger partial charge on any atom is 0.183 e. The van der Waals surface area contributed by atoms with Crippen LogP contribution in [0.1, 0.15) is 13.3 Å². The summed E-state index contributed by atoms with van der Waals surface area (Å²) in [5.74, 6) is 0. The summed E-state index contributed by atoms with van der Waals surface area (Å²) in [6.45, 7) is 9.31. The van der Waals surface area contributed by atoms with Gasteiger partial charge in [-0.05, 0) is 26.1 Å². The normalized spacial score (nSPS) is 15.3. The largest absolute Gasteiger partial charge is 0.416 e. The Morgan fingerprint density at radius 1 is 1.40 bits per heavy atom. The topological polar surface area (TPSA) is 9.23 Å². The summed E-state index contributed by atoms with van der Waals surface area (Å²) in [5.41, 5.74) is 0. The second kappa shape index (κ2) is 4.37. The van der Waals surface area contributed by atoms with Gasteiger partial charge < -0.3 is 4.43 Å². The van der Waals surface area contributed by atoms with Crippen LogP contribution in [0.15, 0.2) is 0 Å². The van der Waals surface area contributed by atoms with E-state index in [1.807, 2.05) is 0 Å². The van der Waals surface area contributed by atoms with E-state index in [0.29, 0.717) is 6.61 Å². The van der Waals surface area contributed by atoms with Gasteiger partial charge in [-0.25, -0.2) is 0 Å². The molecule has 10 heavy (non-hydrogen) atoms. The van der Waals surface area contributed by atoms with Gasteiger partial charge in [-0.1, -0.05) is 6.92 Å². The predicted molar refractivity (Wildman–Crippen MR) is 49.2 cm³/mol. The predicted octanol–water partition coefficient (Wildman–Crippen LogP) is 2.86. The summed E-state index contributed by atoms with van der Waals surface area (Å²) in [4.78, 5) is 0. The number of halogens is 1. The van der Waals surface area contributed by atoms with Gasteiger partial charge in [0.2, 0.25) is 0 Å². The van der Waals surface area contributed by atoms with E-state index in [2.05, 4.69) is 26.6 Å². The van der Waals surface area contributed by atoms with Gasteiger partial charge in [0.25, 0.3) is 0 Å². The Bertz CT molecular complexity index is 90.1. The molecule has 1 nitrogen and oxygen atoms in total. The first-order valence-corrected chi connectivity index (χ1v) is 7.58. The lowest BCUT2D eigenvalue weighted by Crippen LogP contribution is -2.28. The fraction of sp³-hybridized carbons (Fsp3) is 1.00. The summed E-state index contributed by atoms with van der Waals surface area (Å²) in [6, 6.07) is 0. The molecule has 0 fully saturated rings. The van der Waals surface area contributed by atoms with Crippen LogP contribution in [-0.4, -0.2) is 20.3 Å². The molecule has 62 valence electrons. The van der Waals surface area contributed by atoms with Crippen LogP contribution in [-0.2, 0) is 4.43 Å². The van der Waals surface area contributed by atoms with Gasteiger partial charge >= 0.3 is 0 Å². The summed E-state index contributed by atoms with van der Waals surface area (Å²) < 4.78 is 5.59. The van der Waals surface area contributed by atoms with Crippen LogP contribution in [0.3, 0.4) is 0 Å². The average molecular weight is 181 g/mol. The Morgan fingerprint density at radius 2 is 1.90 bits per heavy atom. The van der Waals surface area contributed by atoms with Crippen molar-refractivity contribution in [1.29, 1.82) is 0 Å². The minimum Gasteiger partial charge on any atom is -0.416 e. The molecule has 1 atom stereocenters. The summed E-state index contributed by atoms with van der Waals surface area (Å²) in [7, 11) is -1.32. The molecule has 1 unspecified atom stereocenters. The van der Waals surface area contributed by atoms with Crippen molar-refractivity contribution in [2.45, 2.75) is 38.4 Å². The summed E-state index contributed by atoms with van der Waals surface area (Å²) in [6.07, 6.45) is 0.992. The van der Waals surface area contributed by atoms with Crippen molar-refractivity contribution in [3.63, 3.8) is 0 Å². The molecule has 0 bridgehead atoms. The molecule has 3 heteroatoms. The van der Waals surface area contributed by atoms with Crippen molar-refractivity contribution in [3.8, 4) is 0 Å². The molecule has 0 amide bonds. The van der Waals surface area contributed by atoms with Gasteiger partial charge in [0.05, 0.1) is 12.0 Å². The molecule has 0 saturated carbocycles. The first-order valence-electron chi connectivity index (χ1n) is 3.73. The summed E-state index contributed by atoms with van der Waals surface area (Å²) in [5, 5.41) is 0.201. The first kappa shape index (κ1) is 10.5. The first-order chi connectivity index (χ1) is 4.45. The van der Waals surface area contributed by atoms with Gasteiger partial charge in [0, 0.05) is 0 Å².